The van der Waals surface area contributed by atoms with Gasteiger partial charge in [-0.3, -0.25) is 4.79 Å². The van der Waals surface area contributed by atoms with E-state index in [1.165, 1.54) is 0 Å². The quantitative estimate of drug-likeness (QED) is 0.310. The summed E-state index contributed by atoms with van der Waals surface area (Å²) in [6.45, 7) is 8.66. The van der Waals surface area contributed by atoms with Crippen LogP contribution in [0, 0.1) is 5.92 Å². The van der Waals surface area contributed by atoms with Crippen molar-refractivity contribution >= 4 is 11.7 Å². The summed E-state index contributed by atoms with van der Waals surface area (Å²) in [6.07, 6.45) is 2.34. The number of carbonyl (C=O) groups is 1. The van der Waals surface area contributed by atoms with E-state index in [4.69, 9.17) is 10.9 Å². The van der Waals surface area contributed by atoms with Crippen molar-refractivity contribution in [2.75, 3.05) is 6.54 Å². The summed E-state index contributed by atoms with van der Waals surface area (Å²) in [7, 11) is 0. The summed E-state index contributed by atoms with van der Waals surface area (Å²) in [5.74, 6) is -0.531. The Morgan fingerprint density at radius 2 is 1.94 bits per heavy atom. The second-order valence-corrected chi connectivity index (χ2v) is 4.49. The van der Waals surface area contributed by atoms with Gasteiger partial charge in [0, 0.05) is 12.6 Å². The van der Waals surface area contributed by atoms with E-state index in [-0.39, 0.29) is 17.8 Å². The van der Waals surface area contributed by atoms with Crippen LogP contribution in [0.1, 0.15) is 47.0 Å². The highest BCUT2D eigenvalue weighted by Gasteiger charge is 2.28. The summed E-state index contributed by atoms with van der Waals surface area (Å²) < 4.78 is 0. The van der Waals surface area contributed by atoms with Crippen LogP contribution in [0.4, 0.5) is 0 Å². The van der Waals surface area contributed by atoms with Crippen LogP contribution in [0.5, 0.6) is 0 Å². The number of rotatable bonds is 7. The molecule has 0 aliphatic carbocycles. The minimum absolute atomic E-state index is 0.0126. The fourth-order valence-corrected chi connectivity index (χ4v) is 1.82. The van der Waals surface area contributed by atoms with Crippen molar-refractivity contribution in [2.45, 2.75) is 53.0 Å². The molecule has 1 unspecified atom stereocenters. The highest BCUT2D eigenvalue weighted by atomic mass is 16.4. The minimum Gasteiger partial charge on any atom is -0.409 e. The summed E-state index contributed by atoms with van der Waals surface area (Å²) in [6, 6.07) is 0.133. The van der Waals surface area contributed by atoms with Crippen LogP contribution in [-0.2, 0) is 4.79 Å². The smallest absolute Gasteiger partial charge is 0.233 e. The predicted molar refractivity (Wildman–Crippen MR) is 68.9 cm³/mol. The van der Waals surface area contributed by atoms with Gasteiger partial charge in [-0.25, -0.2) is 0 Å². The third-order valence-electron chi connectivity index (χ3n) is 2.72. The van der Waals surface area contributed by atoms with E-state index in [0.717, 1.165) is 12.8 Å². The molecule has 0 rings (SSSR count). The number of nitrogens with zero attached hydrogens (tertiary/aromatic N) is 2. The van der Waals surface area contributed by atoms with Crippen LogP contribution >= 0.6 is 0 Å². The molecule has 0 fully saturated rings. The number of amides is 1. The van der Waals surface area contributed by atoms with Crippen LogP contribution in [0.15, 0.2) is 5.16 Å². The van der Waals surface area contributed by atoms with Gasteiger partial charge in [0.25, 0.3) is 0 Å². The van der Waals surface area contributed by atoms with Gasteiger partial charge in [0.1, 0.15) is 0 Å². The van der Waals surface area contributed by atoms with Crippen molar-refractivity contribution in [1.82, 2.24) is 4.90 Å². The highest BCUT2D eigenvalue weighted by Crippen LogP contribution is 2.14. The number of hydrogen-bond acceptors (Lipinski definition) is 3. The van der Waals surface area contributed by atoms with E-state index < -0.39 is 5.92 Å². The number of oxime groups is 1. The molecule has 5 nitrogen and oxygen atoms in total. The lowest BCUT2D eigenvalue weighted by Crippen LogP contribution is -2.45. The van der Waals surface area contributed by atoms with Crippen molar-refractivity contribution in [2.24, 2.45) is 16.8 Å². The standard InChI is InChI=1S/C12H25N3O2/c1-5-7-10(11(13)14-17)12(16)15(8-6-2)9(3)4/h9-10,17H,5-8H2,1-4H3,(H2,13,14). The maximum atomic E-state index is 12.3. The molecule has 0 aromatic heterocycles. The first-order chi connectivity index (χ1) is 7.99. The zero-order valence-corrected chi connectivity index (χ0v) is 11.3. The van der Waals surface area contributed by atoms with Gasteiger partial charge in [0.15, 0.2) is 5.84 Å². The molecule has 0 aromatic rings. The van der Waals surface area contributed by atoms with Crippen LogP contribution in [-0.4, -0.2) is 34.4 Å². The zero-order chi connectivity index (χ0) is 13.4. The fraction of sp³-hybridized carbons (Fsp3) is 0.833. The first-order valence-corrected chi connectivity index (χ1v) is 6.27. The topological polar surface area (TPSA) is 78.9 Å². The Kier molecular flexibility index (Phi) is 7.34. The van der Waals surface area contributed by atoms with E-state index >= 15 is 0 Å². The number of amidine groups is 1. The van der Waals surface area contributed by atoms with Gasteiger partial charge >= 0.3 is 0 Å². The highest BCUT2D eigenvalue weighted by molar-refractivity contribution is 6.02. The van der Waals surface area contributed by atoms with Crippen LogP contribution in [0.2, 0.25) is 0 Å². The molecule has 0 radical (unpaired) electrons. The van der Waals surface area contributed by atoms with Crippen molar-refractivity contribution < 1.29 is 10.0 Å². The van der Waals surface area contributed by atoms with Gasteiger partial charge < -0.3 is 15.8 Å². The summed E-state index contributed by atoms with van der Waals surface area (Å²) in [4.78, 5) is 14.1. The average Bonchev–Trinajstić information content (AvgIpc) is 2.30. The number of hydrogen-bond donors (Lipinski definition) is 2. The summed E-state index contributed by atoms with van der Waals surface area (Å²) >= 11 is 0. The molecule has 5 heteroatoms. The monoisotopic (exact) mass is 243 g/mol. The van der Waals surface area contributed by atoms with Gasteiger partial charge in [0.05, 0.1) is 5.92 Å². The van der Waals surface area contributed by atoms with Crippen molar-refractivity contribution in [3.05, 3.63) is 0 Å². The molecule has 0 spiro atoms. The molecule has 0 saturated carbocycles. The Morgan fingerprint density at radius 3 is 2.29 bits per heavy atom. The van der Waals surface area contributed by atoms with Gasteiger partial charge in [-0.15, -0.1) is 0 Å². The Balaban J connectivity index is 4.90. The normalized spacial score (nSPS) is 13.8. The van der Waals surface area contributed by atoms with Gasteiger partial charge in [-0.2, -0.15) is 0 Å². The Bertz CT molecular complexity index is 264. The molecule has 0 heterocycles. The molecule has 100 valence electrons. The molecule has 0 aliphatic rings. The zero-order valence-electron chi connectivity index (χ0n) is 11.3. The molecular weight excluding hydrogens is 218 g/mol. The van der Waals surface area contributed by atoms with Gasteiger partial charge in [-0.1, -0.05) is 25.4 Å². The van der Waals surface area contributed by atoms with E-state index in [0.29, 0.717) is 13.0 Å². The van der Waals surface area contributed by atoms with Crippen LogP contribution < -0.4 is 5.73 Å². The van der Waals surface area contributed by atoms with E-state index in [2.05, 4.69) is 5.16 Å². The lowest BCUT2D eigenvalue weighted by molar-refractivity contribution is -0.135. The summed E-state index contributed by atoms with van der Waals surface area (Å²) in [5.41, 5.74) is 5.59. The molecule has 17 heavy (non-hydrogen) atoms. The molecule has 1 amide bonds. The number of carbonyl (C=O) groups excluding carboxylic acids is 1. The third-order valence-corrected chi connectivity index (χ3v) is 2.72. The minimum atomic E-state index is -0.501. The second-order valence-electron chi connectivity index (χ2n) is 4.49. The molecule has 0 saturated heterocycles. The lowest BCUT2D eigenvalue weighted by Gasteiger charge is -2.29. The van der Waals surface area contributed by atoms with Crippen molar-refractivity contribution in [3.8, 4) is 0 Å². The predicted octanol–water partition coefficient (Wildman–Crippen LogP) is 1.80. The van der Waals surface area contributed by atoms with Gasteiger partial charge in [-0.05, 0) is 26.7 Å². The molecule has 1 atom stereocenters. The first-order valence-electron chi connectivity index (χ1n) is 6.27. The van der Waals surface area contributed by atoms with E-state index in [9.17, 15) is 4.79 Å². The molecule has 0 aliphatic heterocycles. The van der Waals surface area contributed by atoms with Crippen LogP contribution in [0.25, 0.3) is 0 Å². The van der Waals surface area contributed by atoms with Crippen molar-refractivity contribution in [1.29, 1.82) is 0 Å². The van der Waals surface area contributed by atoms with E-state index in [1.54, 1.807) is 4.90 Å². The van der Waals surface area contributed by atoms with Gasteiger partial charge in [0.2, 0.25) is 5.91 Å². The Morgan fingerprint density at radius 1 is 1.35 bits per heavy atom. The SMILES string of the molecule is CCCC(C(=O)N(CCC)C(C)C)C(N)=NO. The Labute approximate surface area is 104 Å². The number of nitrogens with two attached hydrogens (primary N) is 1. The average molecular weight is 243 g/mol. The Hall–Kier alpha value is -1.26. The largest absolute Gasteiger partial charge is 0.409 e. The summed E-state index contributed by atoms with van der Waals surface area (Å²) in [5, 5.41) is 11.7. The molecule has 3 N–H and O–H groups in total. The molecular formula is C12H25N3O2. The van der Waals surface area contributed by atoms with Crippen molar-refractivity contribution in [3.63, 3.8) is 0 Å². The fourth-order valence-electron chi connectivity index (χ4n) is 1.82. The van der Waals surface area contributed by atoms with E-state index in [1.807, 2.05) is 27.7 Å². The third kappa shape index (κ3) is 4.63. The van der Waals surface area contributed by atoms with Crippen LogP contribution in [0.3, 0.4) is 0 Å². The maximum Gasteiger partial charge on any atom is 0.233 e. The molecule has 0 aromatic carbocycles. The second kappa shape index (κ2) is 7.92. The first kappa shape index (κ1) is 15.7. The maximum absolute atomic E-state index is 12.3. The lowest BCUT2D eigenvalue weighted by atomic mass is 10.00. The molecule has 0 bridgehead atoms.